The van der Waals surface area contributed by atoms with Gasteiger partial charge in [-0.1, -0.05) is 6.07 Å². The smallest absolute Gasteiger partial charge is 0.165 e. The fourth-order valence-corrected chi connectivity index (χ4v) is 3.86. The van der Waals surface area contributed by atoms with Crippen LogP contribution in [0.25, 0.3) is 10.9 Å². The average Bonchev–Trinajstić information content (AvgIpc) is 2.79. The number of aromatic nitrogens is 3. The van der Waals surface area contributed by atoms with Crippen LogP contribution >= 0.6 is 0 Å². The predicted octanol–water partition coefficient (Wildman–Crippen LogP) is 4.84. The number of aryl methyl sites for hydroxylation is 1. The molecule has 156 valence electrons. The molecule has 6 nitrogen and oxygen atoms in total. The molecule has 5 rings (SSSR count). The van der Waals surface area contributed by atoms with Crippen molar-refractivity contribution >= 4 is 16.7 Å². The van der Waals surface area contributed by atoms with Crippen LogP contribution in [-0.4, -0.2) is 28.6 Å². The molecular formula is C24H21FN4O2. The summed E-state index contributed by atoms with van der Waals surface area (Å²) in [7, 11) is 1.64. The molecule has 7 heteroatoms. The number of anilines is 1. The molecule has 0 fully saturated rings. The van der Waals surface area contributed by atoms with Gasteiger partial charge in [-0.15, -0.1) is 0 Å². The fraction of sp³-hybridized carbons (Fsp3) is 0.208. The third-order valence-corrected chi connectivity index (χ3v) is 5.45. The van der Waals surface area contributed by atoms with Crippen molar-refractivity contribution in [2.45, 2.75) is 19.9 Å². The first-order valence-electron chi connectivity index (χ1n) is 10.1. The van der Waals surface area contributed by atoms with E-state index in [1.807, 2.05) is 37.3 Å². The molecule has 2 aromatic carbocycles. The van der Waals surface area contributed by atoms with Gasteiger partial charge in [-0.25, -0.2) is 14.4 Å². The van der Waals surface area contributed by atoms with Crippen LogP contribution < -0.4 is 14.4 Å². The number of rotatable bonds is 4. The second-order valence-corrected chi connectivity index (χ2v) is 7.56. The van der Waals surface area contributed by atoms with Crippen LogP contribution in [0.2, 0.25) is 0 Å². The van der Waals surface area contributed by atoms with Crippen LogP contribution in [0.1, 0.15) is 16.8 Å². The molecule has 0 saturated carbocycles. The summed E-state index contributed by atoms with van der Waals surface area (Å²) in [4.78, 5) is 15.7. The Hall–Kier alpha value is -3.74. The number of hydrogen-bond acceptors (Lipinski definition) is 6. The van der Waals surface area contributed by atoms with Crippen molar-refractivity contribution in [1.29, 1.82) is 0 Å². The number of pyridine rings is 1. The zero-order valence-corrected chi connectivity index (χ0v) is 17.3. The molecule has 0 N–H and O–H groups in total. The zero-order chi connectivity index (χ0) is 21.4. The second-order valence-electron chi connectivity index (χ2n) is 7.56. The van der Waals surface area contributed by atoms with Crippen molar-refractivity contribution in [2.24, 2.45) is 0 Å². The Labute approximate surface area is 179 Å². The summed E-state index contributed by atoms with van der Waals surface area (Å²) in [5.41, 5.74) is 3.76. The Kier molecular flexibility index (Phi) is 4.86. The molecule has 0 radical (unpaired) electrons. The van der Waals surface area contributed by atoms with Crippen molar-refractivity contribution in [3.05, 3.63) is 77.6 Å². The molecule has 0 bridgehead atoms. The average molecular weight is 416 g/mol. The van der Waals surface area contributed by atoms with E-state index in [1.54, 1.807) is 25.7 Å². The molecule has 3 heterocycles. The van der Waals surface area contributed by atoms with Crippen LogP contribution in [0.5, 0.6) is 17.2 Å². The number of nitrogens with zero attached hydrogens (tertiary/aromatic N) is 4. The monoisotopic (exact) mass is 416 g/mol. The molecule has 0 spiro atoms. The lowest BCUT2D eigenvalue weighted by Gasteiger charge is -2.30. The minimum absolute atomic E-state index is 0.189. The highest BCUT2D eigenvalue weighted by Gasteiger charge is 2.21. The molecule has 2 aromatic heterocycles. The van der Waals surface area contributed by atoms with E-state index in [4.69, 9.17) is 9.47 Å². The normalized spacial score (nSPS) is 13.2. The van der Waals surface area contributed by atoms with Gasteiger partial charge in [0, 0.05) is 30.6 Å². The maximum absolute atomic E-state index is 14.2. The summed E-state index contributed by atoms with van der Waals surface area (Å²) in [6, 6.07) is 12.6. The highest BCUT2D eigenvalue weighted by atomic mass is 19.1. The third kappa shape index (κ3) is 3.74. The van der Waals surface area contributed by atoms with Crippen molar-refractivity contribution in [3.8, 4) is 17.2 Å². The van der Waals surface area contributed by atoms with Crippen molar-refractivity contribution in [3.63, 3.8) is 0 Å². The van der Waals surface area contributed by atoms with E-state index in [-0.39, 0.29) is 11.6 Å². The summed E-state index contributed by atoms with van der Waals surface area (Å²) in [5, 5.41) is 0.937. The summed E-state index contributed by atoms with van der Waals surface area (Å²) >= 11 is 0. The largest absolute Gasteiger partial charge is 0.497 e. The zero-order valence-electron chi connectivity index (χ0n) is 17.3. The van der Waals surface area contributed by atoms with Crippen LogP contribution in [0.4, 0.5) is 10.2 Å². The lowest BCUT2D eigenvalue weighted by Crippen LogP contribution is -2.31. The van der Waals surface area contributed by atoms with E-state index in [2.05, 4.69) is 19.9 Å². The number of benzene rings is 2. The van der Waals surface area contributed by atoms with E-state index in [9.17, 15) is 4.39 Å². The van der Waals surface area contributed by atoms with E-state index in [0.29, 0.717) is 12.3 Å². The molecule has 0 amide bonds. The van der Waals surface area contributed by atoms with Gasteiger partial charge in [-0.2, -0.15) is 0 Å². The molecule has 1 aliphatic heterocycles. The molecular weight excluding hydrogens is 395 g/mol. The number of hydrogen-bond donors (Lipinski definition) is 0. The number of halogens is 1. The van der Waals surface area contributed by atoms with Crippen LogP contribution in [0.3, 0.4) is 0 Å². The van der Waals surface area contributed by atoms with Gasteiger partial charge in [-0.3, -0.25) is 4.98 Å². The Morgan fingerprint density at radius 1 is 1.00 bits per heavy atom. The Balaban J connectivity index is 1.45. The molecule has 0 aliphatic carbocycles. The summed E-state index contributed by atoms with van der Waals surface area (Å²) in [5.74, 6) is 1.93. The molecule has 0 atom stereocenters. The van der Waals surface area contributed by atoms with Crippen LogP contribution in [-0.2, 0) is 13.0 Å². The van der Waals surface area contributed by atoms with Crippen molar-refractivity contribution in [1.82, 2.24) is 15.0 Å². The quantitative estimate of drug-likeness (QED) is 0.475. The number of methoxy groups -OCH3 is 1. The predicted molar refractivity (Wildman–Crippen MR) is 116 cm³/mol. The molecule has 4 aromatic rings. The maximum atomic E-state index is 14.2. The Bertz CT molecular complexity index is 1280. The summed E-state index contributed by atoms with van der Waals surface area (Å²) in [6.45, 7) is 3.25. The molecule has 0 saturated heterocycles. The third-order valence-electron chi connectivity index (χ3n) is 5.45. The Morgan fingerprint density at radius 3 is 2.74 bits per heavy atom. The van der Waals surface area contributed by atoms with Crippen LogP contribution in [0.15, 0.2) is 55.0 Å². The van der Waals surface area contributed by atoms with Gasteiger partial charge in [0.15, 0.2) is 11.6 Å². The SMILES string of the molecule is COc1ccc2ncnc(N3CCc4ncc(Oc5ccc(C)cc5F)cc4C3)c2c1. The van der Waals surface area contributed by atoms with Crippen molar-refractivity contribution < 1.29 is 13.9 Å². The van der Waals surface area contributed by atoms with E-state index in [1.165, 1.54) is 6.07 Å². The molecule has 1 aliphatic rings. The first kappa shape index (κ1) is 19.2. The van der Waals surface area contributed by atoms with Gasteiger partial charge in [0.05, 0.1) is 18.8 Å². The van der Waals surface area contributed by atoms with Gasteiger partial charge in [0.25, 0.3) is 0 Å². The minimum atomic E-state index is -0.388. The van der Waals surface area contributed by atoms with E-state index in [0.717, 1.165) is 52.3 Å². The van der Waals surface area contributed by atoms with Gasteiger partial charge >= 0.3 is 0 Å². The number of ether oxygens (including phenoxy) is 2. The highest BCUT2D eigenvalue weighted by molar-refractivity contribution is 5.90. The van der Waals surface area contributed by atoms with Gasteiger partial charge in [-0.05, 0) is 54.4 Å². The number of fused-ring (bicyclic) bond motifs is 2. The van der Waals surface area contributed by atoms with Crippen molar-refractivity contribution in [2.75, 3.05) is 18.6 Å². The van der Waals surface area contributed by atoms with Crippen LogP contribution in [0, 0.1) is 12.7 Å². The summed E-state index contributed by atoms with van der Waals surface area (Å²) in [6.07, 6.45) is 4.01. The van der Waals surface area contributed by atoms with Gasteiger partial charge in [0.2, 0.25) is 0 Å². The van der Waals surface area contributed by atoms with E-state index < -0.39 is 0 Å². The van der Waals surface area contributed by atoms with Gasteiger partial charge in [0.1, 0.15) is 23.6 Å². The standard InChI is InChI=1S/C24H21FN4O2/c1-15-3-6-23(20(25)9-15)31-18-10-16-13-29(8-7-21(16)26-12-18)24-19-11-17(30-2)4-5-22(19)27-14-28-24/h3-6,9-12,14H,7-8,13H2,1-2H3. The first-order chi connectivity index (χ1) is 15.1. The topological polar surface area (TPSA) is 60.4 Å². The molecule has 0 unspecified atom stereocenters. The lowest BCUT2D eigenvalue weighted by molar-refractivity contribution is 0.415. The summed E-state index contributed by atoms with van der Waals surface area (Å²) < 4.78 is 25.3. The highest BCUT2D eigenvalue weighted by Crippen LogP contribution is 2.32. The first-order valence-corrected chi connectivity index (χ1v) is 10.1. The van der Waals surface area contributed by atoms with Gasteiger partial charge < -0.3 is 14.4 Å². The second kappa shape index (κ2) is 7.83. The van der Waals surface area contributed by atoms with E-state index >= 15 is 0 Å². The minimum Gasteiger partial charge on any atom is -0.497 e. The molecule has 31 heavy (non-hydrogen) atoms. The lowest BCUT2D eigenvalue weighted by atomic mass is 10.0. The fourth-order valence-electron chi connectivity index (χ4n) is 3.86. The maximum Gasteiger partial charge on any atom is 0.165 e. The Morgan fingerprint density at radius 2 is 1.90 bits per heavy atom.